The minimum atomic E-state index is 0.341. The fourth-order valence-corrected chi connectivity index (χ4v) is 3.09. The van der Waals surface area contributed by atoms with Crippen LogP contribution in [0.4, 0.5) is 0 Å². The predicted molar refractivity (Wildman–Crippen MR) is 85.1 cm³/mol. The molecule has 2 heterocycles. The molecule has 1 aliphatic heterocycles. The monoisotopic (exact) mass is 284 g/mol. The van der Waals surface area contributed by atoms with Crippen molar-refractivity contribution in [3.63, 3.8) is 0 Å². The summed E-state index contributed by atoms with van der Waals surface area (Å²) in [5.74, 6) is 1.07. The molecule has 112 valence electrons. The van der Waals surface area contributed by atoms with Gasteiger partial charge in [-0.25, -0.2) is 0 Å². The highest BCUT2D eigenvalue weighted by atomic mass is 16.3. The molecule has 0 saturated carbocycles. The molecule has 3 heteroatoms. The Labute approximate surface area is 127 Å². The quantitative estimate of drug-likeness (QED) is 0.875. The van der Waals surface area contributed by atoms with Crippen LogP contribution in [0.2, 0.25) is 0 Å². The molecule has 1 saturated heterocycles. The van der Waals surface area contributed by atoms with Gasteiger partial charge >= 0.3 is 0 Å². The molecule has 1 aliphatic rings. The molecule has 3 rings (SSSR count). The van der Waals surface area contributed by atoms with Gasteiger partial charge in [0.2, 0.25) is 0 Å². The number of rotatable bonds is 6. The maximum Gasteiger partial charge on any atom is 0.122 e. The molecular formula is C18H24N2O. The van der Waals surface area contributed by atoms with Crippen molar-refractivity contribution in [2.45, 2.75) is 31.8 Å². The molecule has 21 heavy (non-hydrogen) atoms. The van der Waals surface area contributed by atoms with Gasteiger partial charge in [-0.3, -0.25) is 4.90 Å². The van der Waals surface area contributed by atoms with E-state index in [1.807, 2.05) is 6.07 Å². The van der Waals surface area contributed by atoms with Gasteiger partial charge in [0.25, 0.3) is 0 Å². The zero-order valence-electron chi connectivity index (χ0n) is 12.7. The van der Waals surface area contributed by atoms with Gasteiger partial charge in [-0.05, 0) is 50.6 Å². The lowest BCUT2D eigenvalue weighted by Crippen LogP contribution is -2.35. The van der Waals surface area contributed by atoms with Crippen LogP contribution in [0.1, 0.15) is 43.2 Å². The highest BCUT2D eigenvalue weighted by molar-refractivity contribution is 5.18. The van der Waals surface area contributed by atoms with Crippen molar-refractivity contribution in [3.8, 4) is 0 Å². The van der Waals surface area contributed by atoms with E-state index < -0.39 is 0 Å². The van der Waals surface area contributed by atoms with Crippen molar-refractivity contribution >= 4 is 0 Å². The largest absolute Gasteiger partial charge is 0.468 e. The van der Waals surface area contributed by atoms with Crippen LogP contribution >= 0.6 is 0 Å². The molecule has 0 aliphatic carbocycles. The van der Waals surface area contributed by atoms with Gasteiger partial charge < -0.3 is 9.73 Å². The number of nitrogens with zero attached hydrogens (tertiary/aromatic N) is 1. The Kier molecular flexibility index (Phi) is 4.73. The van der Waals surface area contributed by atoms with E-state index in [2.05, 4.69) is 53.5 Å². The molecule has 2 atom stereocenters. The Morgan fingerprint density at radius 3 is 2.52 bits per heavy atom. The molecule has 0 bridgehead atoms. The molecule has 0 spiro atoms. The minimum Gasteiger partial charge on any atom is -0.468 e. The van der Waals surface area contributed by atoms with E-state index in [0.717, 1.165) is 12.3 Å². The van der Waals surface area contributed by atoms with Crippen LogP contribution in [0.5, 0.6) is 0 Å². The van der Waals surface area contributed by atoms with E-state index in [1.165, 1.54) is 31.5 Å². The fraction of sp³-hybridized carbons (Fsp3) is 0.444. The first-order valence-electron chi connectivity index (χ1n) is 7.90. The fourth-order valence-electron chi connectivity index (χ4n) is 3.09. The van der Waals surface area contributed by atoms with Crippen LogP contribution in [0.25, 0.3) is 0 Å². The maximum absolute atomic E-state index is 5.66. The smallest absolute Gasteiger partial charge is 0.122 e. The van der Waals surface area contributed by atoms with E-state index in [4.69, 9.17) is 4.42 Å². The average molecular weight is 284 g/mol. The number of likely N-dealkylation sites (tertiary alicyclic amines) is 1. The SMILES string of the molecule is CC(NCC(c1ccco1)N1CCCC1)c1ccccc1. The second-order valence-electron chi connectivity index (χ2n) is 5.81. The summed E-state index contributed by atoms with van der Waals surface area (Å²) in [6.07, 6.45) is 4.37. The third-order valence-electron chi connectivity index (χ3n) is 4.37. The summed E-state index contributed by atoms with van der Waals surface area (Å²) in [7, 11) is 0. The van der Waals surface area contributed by atoms with Crippen molar-refractivity contribution in [1.29, 1.82) is 0 Å². The van der Waals surface area contributed by atoms with Crippen LogP contribution in [-0.2, 0) is 0 Å². The summed E-state index contributed by atoms with van der Waals surface area (Å²) in [4.78, 5) is 2.53. The van der Waals surface area contributed by atoms with Gasteiger partial charge in [-0.1, -0.05) is 30.3 Å². The Morgan fingerprint density at radius 1 is 1.10 bits per heavy atom. The first-order chi connectivity index (χ1) is 10.3. The highest BCUT2D eigenvalue weighted by Crippen LogP contribution is 2.25. The van der Waals surface area contributed by atoms with Crippen LogP contribution in [0, 0.1) is 0 Å². The van der Waals surface area contributed by atoms with Gasteiger partial charge in [-0.2, -0.15) is 0 Å². The van der Waals surface area contributed by atoms with Crippen molar-refractivity contribution in [2.75, 3.05) is 19.6 Å². The number of hydrogen-bond acceptors (Lipinski definition) is 3. The molecule has 2 aromatic rings. The number of hydrogen-bond donors (Lipinski definition) is 1. The van der Waals surface area contributed by atoms with E-state index in [1.54, 1.807) is 6.26 Å². The lowest BCUT2D eigenvalue weighted by Gasteiger charge is -2.27. The second kappa shape index (κ2) is 6.92. The summed E-state index contributed by atoms with van der Waals surface area (Å²) in [6.45, 7) is 5.49. The van der Waals surface area contributed by atoms with Crippen molar-refractivity contribution in [1.82, 2.24) is 10.2 Å². The topological polar surface area (TPSA) is 28.4 Å². The van der Waals surface area contributed by atoms with Crippen molar-refractivity contribution in [2.24, 2.45) is 0 Å². The molecule has 3 nitrogen and oxygen atoms in total. The summed E-state index contributed by atoms with van der Waals surface area (Å²) in [5.41, 5.74) is 1.33. The summed E-state index contributed by atoms with van der Waals surface area (Å²) >= 11 is 0. The molecule has 0 amide bonds. The Bertz CT molecular complexity index is 517. The predicted octanol–water partition coefficient (Wildman–Crippen LogP) is 3.77. The van der Waals surface area contributed by atoms with E-state index in [9.17, 15) is 0 Å². The number of furan rings is 1. The number of benzene rings is 1. The van der Waals surface area contributed by atoms with Gasteiger partial charge in [0.1, 0.15) is 5.76 Å². The average Bonchev–Trinajstić information content (AvgIpc) is 3.22. The van der Waals surface area contributed by atoms with E-state index in [-0.39, 0.29) is 0 Å². The Hall–Kier alpha value is -1.58. The van der Waals surface area contributed by atoms with E-state index in [0.29, 0.717) is 12.1 Å². The Morgan fingerprint density at radius 2 is 1.86 bits per heavy atom. The normalized spacial score (nSPS) is 18.7. The third kappa shape index (κ3) is 3.55. The van der Waals surface area contributed by atoms with Crippen molar-refractivity contribution < 1.29 is 4.42 Å². The second-order valence-corrected chi connectivity index (χ2v) is 5.81. The first-order valence-corrected chi connectivity index (χ1v) is 7.90. The van der Waals surface area contributed by atoms with E-state index >= 15 is 0 Å². The molecule has 1 aromatic carbocycles. The summed E-state index contributed by atoms with van der Waals surface area (Å²) in [5, 5.41) is 3.66. The van der Waals surface area contributed by atoms with Gasteiger partial charge in [0.05, 0.1) is 12.3 Å². The minimum absolute atomic E-state index is 0.341. The highest BCUT2D eigenvalue weighted by Gasteiger charge is 2.25. The third-order valence-corrected chi connectivity index (χ3v) is 4.37. The first kappa shape index (κ1) is 14.4. The van der Waals surface area contributed by atoms with Gasteiger partial charge in [0, 0.05) is 12.6 Å². The molecule has 0 radical (unpaired) electrons. The molecule has 1 N–H and O–H groups in total. The maximum atomic E-state index is 5.66. The summed E-state index contributed by atoms with van der Waals surface area (Å²) < 4.78 is 5.66. The molecule has 1 fully saturated rings. The zero-order valence-corrected chi connectivity index (χ0v) is 12.7. The van der Waals surface area contributed by atoms with Crippen molar-refractivity contribution in [3.05, 3.63) is 60.1 Å². The zero-order chi connectivity index (χ0) is 14.5. The van der Waals surface area contributed by atoms with Crippen LogP contribution < -0.4 is 5.32 Å². The Balaban J connectivity index is 1.65. The summed E-state index contributed by atoms with van der Waals surface area (Å²) in [6, 6.07) is 15.4. The van der Waals surface area contributed by atoms with Gasteiger partial charge in [0.15, 0.2) is 0 Å². The van der Waals surface area contributed by atoms with Crippen LogP contribution in [0.15, 0.2) is 53.1 Å². The molecule has 2 unspecified atom stereocenters. The lowest BCUT2D eigenvalue weighted by atomic mass is 10.1. The van der Waals surface area contributed by atoms with Crippen LogP contribution in [-0.4, -0.2) is 24.5 Å². The lowest BCUT2D eigenvalue weighted by molar-refractivity contribution is 0.205. The molecular weight excluding hydrogens is 260 g/mol. The van der Waals surface area contributed by atoms with Gasteiger partial charge in [-0.15, -0.1) is 0 Å². The molecule has 1 aromatic heterocycles. The number of nitrogens with one attached hydrogen (secondary N) is 1. The van der Waals surface area contributed by atoms with Crippen LogP contribution in [0.3, 0.4) is 0 Å². The standard InChI is InChI=1S/C18H24N2O/c1-15(16-8-3-2-4-9-16)19-14-17(18-10-7-13-21-18)20-11-5-6-12-20/h2-4,7-10,13,15,17,19H,5-6,11-12,14H2,1H3.